The van der Waals surface area contributed by atoms with Gasteiger partial charge >= 0.3 is 0 Å². The van der Waals surface area contributed by atoms with Crippen LogP contribution in [0.15, 0.2) is 36.4 Å². The van der Waals surface area contributed by atoms with Crippen molar-refractivity contribution in [2.75, 3.05) is 13.2 Å². The largest absolute Gasteiger partial charge is 0.488 e. The van der Waals surface area contributed by atoms with Crippen molar-refractivity contribution in [3.8, 4) is 11.5 Å². The van der Waals surface area contributed by atoms with Crippen molar-refractivity contribution in [1.82, 2.24) is 5.32 Å². The summed E-state index contributed by atoms with van der Waals surface area (Å²) >= 11 is 0. The maximum Gasteiger partial charge on any atom is 0.126 e. The molecule has 0 saturated heterocycles. The molecule has 2 aliphatic rings. The second-order valence-corrected chi connectivity index (χ2v) is 7.66. The van der Waals surface area contributed by atoms with E-state index in [0.717, 1.165) is 11.1 Å². The average molecular weight is 405 g/mol. The Morgan fingerprint density at radius 3 is 2.07 bits per heavy atom. The minimum absolute atomic E-state index is 0.151. The number of aliphatic hydroxyl groups excluding tert-OH is 2. The van der Waals surface area contributed by atoms with Crippen LogP contribution < -0.4 is 14.8 Å². The van der Waals surface area contributed by atoms with Gasteiger partial charge in [0.15, 0.2) is 0 Å². The molecule has 0 bridgehead atoms. The number of aryl methyl sites for hydroxylation is 2. The van der Waals surface area contributed by atoms with Crippen LogP contribution in [0.2, 0.25) is 0 Å². The van der Waals surface area contributed by atoms with E-state index in [1.807, 2.05) is 0 Å². The van der Waals surface area contributed by atoms with Crippen molar-refractivity contribution in [2.45, 2.75) is 50.0 Å². The molecule has 0 spiro atoms. The molecular weight excluding hydrogens is 380 g/mol. The Morgan fingerprint density at radius 1 is 0.931 bits per heavy atom. The van der Waals surface area contributed by atoms with Crippen LogP contribution in [0.3, 0.4) is 0 Å². The molecule has 156 valence electrons. The molecule has 0 fully saturated rings. The van der Waals surface area contributed by atoms with Crippen LogP contribution in [0.4, 0.5) is 8.78 Å². The molecule has 7 heteroatoms. The predicted octanol–water partition coefficient (Wildman–Crippen LogP) is 2.36. The molecule has 0 amide bonds. The van der Waals surface area contributed by atoms with Gasteiger partial charge in [-0.25, -0.2) is 8.78 Å². The molecule has 5 nitrogen and oxygen atoms in total. The maximum absolute atomic E-state index is 13.3. The van der Waals surface area contributed by atoms with Crippen LogP contribution in [0.1, 0.15) is 24.0 Å². The van der Waals surface area contributed by atoms with Gasteiger partial charge in [0.05, 0.1) is 12.6 Å². The van der Waals surface area contributed by atoms with Gasteiger partial charge < -0.3 is 25.0 Å². The van der Waals surface area contributed by atoms with Gasteiger partial charge in [-0.1, -0.05) is 0 Å². The first-order valence-electron chi connectivity index (χ1n) is 9.96. The van der Waals surface area contributed by atoms with Gasteiger partial charge in [0, 0.05) is 6.54 Å². The Morgan fingerprint density at radius 2 is 1.48 bits per heavy atom. The molecule has 0 saturated carbocycles. The normalized spacial score (nSPS) is 22.6. The number of hydrogen-bond acceptors (Lipinski definition) is 5. The van der Waals surface area contributed by atoms with Gasteiger partial charge in [-0.15, -0.1) is 0 Å². The van der Waals surface area contributed by atoms with E-state index in [2.05, 4.69) is 5.32 Å². The number of rotatable bonds is 6. The molecule has 29 heavy (non-hydrogen) atoms. The lowest BCUT2D eigenvalue weighted by atomic mass is 9.97. The van der Waals surface area contributed by atoms with Gasteiger partial charge in [-0.05, 0) is 73.2 Å². The van der Waals surface area contributed by atoms with Crippen LogP contribution in [0.5, 0.6) is 11.5 Å². The average Bonchev–Trinajstić information content (AvgIpc) is 2.73. The summed E-state index contributed by atoms with van der Waals surface area (Å²) in [5.41, 5.74) is 1.63. The zero-order valence-corrected chi connectivity index (χ0v) is 16.0. The number of benzene rings is 2. The van der Waals surface area contributed by atoms with E-state index in [1.54, 1.807) is 12.1 Å². The fourth-order valence-electron chi connectivity index (χ4n) is 4.03. The summed E-state index contributed by atoms with van der Waals surface area (Å²) in [6.45, 7) is 0.0735. The monoisotopic (exact) mass is 405 g/mol. The minimum Gasteiger partial charge on any atom is -0.488 e. The van der Waals surface area contributed by atoms with Crippen LogP contribution in [-0.2, 0) is 12.8 Å². The van der Waals surface area contributed by atoms with E-state index >= 15 is 0 Å². The fourth-order valence-corrected chi connectivity index (χ4v) is 4.03. The number of fused-ring (bicyclic) bond motifs is 2. The van der Waals surface area contributed by atoms with E-state index in [0.29, 0.717) is 37.2 Å². The van der Waals surface area contributed by atoms with Crippen molar-refractivity contribution < 1.29 is 28.5 Å². The topological polar surface area (TPSA) is 71.0 Å². The highest BCUT2D eigenvalue weighted by atomic mass is 19.1. The van der Waals surface area contributed by atoms with E-state index in [9.17, 15) is 19.0 Å². The fraction of sp³-hybridized carbons (Fsp3) is 0.455. The lowest BCUT2D eigenvalue weighted by molar-refractivity contribution is 0.0151. The standard InChI is InChI=1S/C22H25F2NO4/c23-15-3-7-19-13(9-15)1-5-21(28-19)17(12-26)25-11-18(27)22-6-2-14-10-16(24)4-8-20(14)29-22/h3-4,7-10,17-18,21-22,25-27H,1-2,5-6,11-12H2. The molecule has 4 unspecified atom stereocenters. The summed E-state index contributed by atoms with van der Waals surface area (Å²) in [6, 6.07) is 8.46. The second kappa shape index (κ2) is 8.65. The summed E-state index contributed by atoms with van der Waals surface area (Å²) < 4.78 is 38.4. The van der Waals surface area contributed by atoms with Crippen LogP contribution in [0.25, 0.3) is 0 Å². The maximum atomic E-state index is 13.3. The summed E-state index contributed by atoms with van der Waals surface area (Å²) in [7, 11) is 0. The zero-order valence-electron chi connectivity index (χ0n) is 16.0. The molecule has 2 aromatic rings. The highest BCUT2D eigenvalue weighted by Crippen LogP contribution is 2.30. The lowest BCUT2D eigenvalue weighted by Crippen LogP contribution is -2.51. The molecule has 4 rings (SSSR count). The number of aliphatic hydroxyl groups is 2. The third-order valence-corrected chi connectivity index (χ3v) is 5.66. The number of ether oxygens (including phenoxy) is 2. The number of hydrogen-bond donors (Lipinski definition) is 3. The zero-order chi connectivity index (χ0) is 20.4. The van der Waals surface area contributed by atoms with Crippen LogP contribution in [0, 0.1) is 11.6 Å². The van der Waals surface area contributed by atoms with Crippen molar-refractivity contribution in [3.05, 3.63) is 59.2 Å². The molecular formula is C22H25F2NO4. The third kappa shape index (κ3) is 4.52. The highest BCUT2D eigenvalue weighted by Gasteiger charge is 2.31. The van der Waals surface area contributed by atoms with Gasteiger partial charge in [-0.3, -0.25) is 0 Å². The Hall–Kier alpha value is -2.22. The molecule has 0 aliphatic carbocycles. The van der Waals surface area contributed by atoms with Crippen molar-refractivity contribution >= 4 is 0 Å². The molecule has 2 aliphatic heterocycles. The molecule has 0 aromatic heterocycles. The van der Waals surface area contributed by atoms with Gasteiger partial charge in [0.25, 0.3) is 0 Å². The summed E-state index contributed by atoms with van der Waals surface area (Å²) in [6.07, 6.45) is 1.06. The number of halogens is 2. The summed E-state index contributed by atoms with van der Waals surface area (Å²) in [5.74, 6) is 0.640. The summed E-state index contributed by atoms with van der Waals surface area (Å²) in [4.78, 5) is 0. The molecule has 2 aromatic carbocycles. The Balaban J connectivity index is 1.33. The van der Waals surface area contributed by atoms with Crippen LogP contribution >= 0.6 is 0 Å². The Kier molecular flexibility index (Phi) is 5.99. The van der Waals surface area contributed by atoms with E-state index < -0.39 is 12.2 Å². The third-order valence-electron chi connectivity index (χ3n) is 5.66. The van der Waals surface area contributed by atoms with Crippen molar-refractivity contribution in [2.24, 2.45) is 0 Å². The van der Waals surface area contributed by atoms with Gasteiger partial charge in [0.1, 0.15) is 41.4 Å². The SMILES string of the molecule is OCC(NCC(O)C1CCc2cc(F)ccc2O1)C1CCc2cc(F)ccc2O1. The first-order chi connectivity index (χ1) is 14.0. The predicted molar refractivity (Wildman–Crippen MR) is 103 cm³/mol. The van der Waals surface area contributed by atoms with Gasteiger partial charge in [-0.2, -0.15) is 0 Å². The Labute approximate surface area is 168 Å². The first kappa shape index (κ1) is 20.1. The molecule has 2 heterocycles. The quantitative estimate of drug-likeness (QED) is 0.688. The number of nitrogens with one attached hydrogen (secondary N) is 1. The Bertz CT molecular complexity index is 863. The van der Waals surface area contributed by atoms with Crippen molar-refractivity contribution in [1.29, 1.82) is 0 Å². The highest BCUT2D eigenvalue weighted by molar-refractivity contribution is 5.37. The minimum atomic E-state index is -0.785. The first-order valence-corrected chi connectivity index (χ1v) is 9.96. The molecule has 3 N–H and O–H groups in total. The summed E-state index contributed by atoms with van der Waals surface area (Å²) in [5, 5.41) is 23.5. The molecule has 4 atom stereocenters. The van der Waals surface area contributed by atoms with E-state index in [1.165, 1.54) is 24.3 Å². The van der Waals surface area contributed by atoms with E-state index in [-0.39, 0.29) is 36.9 Å². The van der Waals surface area contributed by atoms with E-state index in [4.69, 9.17) is 9.47 Å². The second-order valence-electron chi connectivity index (χ2n) is 7.66. The lowest BCUT2D eigenvalue weighted by Gasteiger charge is -2.34. The van der Waals surface area contributed by atoms with Crippen molar-refractivity contribution in [3.63, 3.8) is 0 Å². The van der Waals surface area contributed by atoms with Crippen LogP contribution in [-0.4, -0.2) is 47.7 Å². The van der Waals surface area contributed by atoms with Gasteiger partial charge in [0.2, 0.25) is 0 Å². The smallest absolute Gasteiger partial charge is 0.126 e. The molecule has 0 radical (unpaired) electrons.